The molecule has 88 valence electrons. The highest BCUT2D eigenvalue weighted by Crippen LogP contribution is 2.18. The smallest absolute Gasteiger partial charge is 0.366 e. The van der Waals surface area contributed by atoms with Crippen molar-refractivity contribution in [1.29, 1.82) is 0 Å². The van der Waals surface area contributed by atoms with Gasteiger partial charge in [0.1, 0.15) is 6.10 Å². The number of hydrogen-bond acceptors (Lipinski definition) is 3. The first-order valence-electron chi connectivity index (χ1n) is 4.66. The van der Waals surface area contributed by atoms with E-state index < -0.39 is 31.2 Å². The third-order valence-corrected chi connectivity index (χ3v) is 1.93. The fourth-order valence-corrected chi connectivity index (χ4v) is 1.18. The minimum Gasteiger partial charge on any atom is -0.366 e. The van der Waals surface area contributed by atoms with Crippen molar-refractivity contribution >= 4 is 5.91 Å². The maximum atomic E-state index is 11.8. The lowest BCUT2D eigenvalue weighted by Gasteiger charge is -2.22. The first-order valence-corrected chi connectivity index (χ1v) is 4.66. The highest BCUT2D eigenvalue weighted by molar-refractivity contribution is 5.81. The normalized spacial score (nSPS) is 22.5. The van der Waals surface area contributed by atoms with Crippen LogP contribution in [0.3, 0.4) is 0 Å². The average Bonchev–Trinajstić information content (AvgIpc) is 2.17. The van der Waals surface area contributed by atoms with Crippen LogP contribution in [-0.2, 0) is 9.53 Å². The second kappa shape index (κ2) is 5.32. The number of amides is 1. The van der Waals surface area contributed by atoms with E-state index in [0.29, 0.717) is 19.7 Å². The summed E-state index contributed by atoms with van der Waals surface area (Å²) in [5.41, 5.74) is 0. The fourth-order valence-electron chi connectivity index (χ4n) is 1.18. The number of alkyl halides is 3. The second-order valence-electron chi connectivity index (χ2n) is 3.22. The Labute approximate surface area is 85.2 Å². The summed E-state index contributed by atoms with van der Waals surface area (Å²) in [7, 11) is 0. The van der Waals surface area contributed by atoms with Crippen molar-refractivity contribution in [2.24, 2.45) is 0 Å². The van der Waals surface area contributed by atoms with Gasteiger partial charge in [0.05, 0.1) is 13.0 Å². The van der Waals surface area contributed by atoms with Gasteiger partial charge in [0.2, 0.25) is 5.91 Å². The van der Waals surface area contributed by atoms with Crippen LogP contribution in [0.4, 0.5) is 13.2 Å². The molecule has 1 atom stereocenters. The Balaban J connectivity index is 2.17. The molecule has 0 saturated carbocycles. The maximum Gasteiger partial charge on any atom is 0.390 e. The van der Waals surface area contributed by atoms with Gasteiger partial charge in [-0.25, -0.2) is 0 Å². The molecule has 1 unspecified atom stereocenters. The van der Waals surface area contributed by atoms with Gasteiger partial charge in [-0.15, -0.1) is 0 Å². The quantitative estimate of drug-likeness (QED) is 0.714. The summed E-state index contributed by atoms with van der Waals surface area (Å²) in [6, 6.07) is 0. The fraction of sp³-hybridized carbons (Fsp3) is 0.875. The molecular formula is C8H13F3N2O2. The number of ether oxygens (including phenoxy) is 1. The van der Waals surface area contributed by atoms with Crippen molar-refractivity contribution in [1.82, 2.24) is 10.6 Å². The van der Waals surface area contributed by atoms with Crippen LogP contribution >= 0.6 is 0 Å². The van der Waals surface area contributed by atoms with Gasteiger partial charge in [0.15, 0.2) is 0 Å². The van der Waals surface area contributed by atoms with E-state index in [2.05, 4.69) is 10.6 Å². The van der Waals surface area contributed by atoms with Gasteiger partial charge in [-0.3, -0.25) is 4.79 Å². The SMILES string of the molecule is O=C(NCCC(F)(F)F)C1CNCCO1. The zero-order chi connectivity index (χ0) is 11.3. The highest BCUT2D eigenvalue weighted by atomic mass is 19.4. The molecule has 2 N–H and O–H groups in total. The molecule has 1 saturated heterocycles. The zero-order valence-electron chi connectivity index (χ0n) is 8.06. The molecule has 0 bridgehead atoms. The lowest BCUT2D eigenvalue weighted by atomic mass is 10.3. The molecule has 1 aliphatic heterocycles. The molecular weight excluding hydrogens is 213 g/mol. The van der Waals surface area contributed by atoms with E-state index in [4.69, 9.17) is 4.74 Å². The van der Waals surface area contributed by atoms with E-state index >= 15 is 0 Å². The Morgan fingerprint density at radius 3 is 2.80 bits per heavy atom. The number of rotatable bonds is 3. The van der Waals surface area contributed by atoms with Crippen molar-refractivity contribution in [3.8, 4) is 0 Å². The summed E-state index contributed by atoms with van der Waals surface area (Å²) in [6.07, 6.45) is -5.93. The van der Waals surface area contributed by atoms with Crippen LogP contribution in [-0.4, -0.2) is 44.4 Å². The maximum absolute atomic E-state index is 11.8. The van der Waals surface area contributed by atoms with E-state index in [1.54, 1.807) is 0 Å². The molecule has 1 heterocycles. The predicted octanol–water partition coefficient (Wildman–Crippen LogP) is 0.0434. The molecule has 0 radical (unpaired) electrons. The van der Waals surface area contributed by atoms with E-state index in [1.165, 1.54) is 0 Å². The summed E-state index contributed by atoms with van der Waals surface area (Å²) in [6.45, 7) is 1.00. The molecule has 15 heavy (non-hydrogen) atoms. The standard InChI is InChI=1S/C8H13F3N2O2/c9-8(10,11)1-2-13-7(14)6-5-12-3-4-15-6/h6,12H,1-5H2,(H,13,14). The summed E-state index contributed by atoms with van der Waals surface area (Å²) < 4.78 is 40.3. The molecule has 1 amide bonds. The van der Waals surface area contributed by atoms with Gasteiger partial charge in [-0.05, 0) is 0 Å². The van der Waals surface area contributed by atoms with Crippen molar-refractivity contribution in [2.75, 3.05) is 26.2 Å². The van der Waals surface area contributed by atoms with Crippen molar-refractivity contribution in [3.63, 3.8) is 0 Å². The van der Waals surface area contributed by atoms with Crippen molar-refractivity contribution in [2.45, 2.75) is 18.7 Å². The molecule has 0 aliphatic carbocycles. The van der Waals surface area contributed by atoms with E-state index in [0.717, 1.165) is 0 Å². The van der Waals surface area contributed by atoms with Gasteiger partial charge < -0.3 is 15.4 Å². The Morgan fingerprint density at radius 1 is 1.53 bits per heavy atom. The number of carbonyl (C=O) groups is 1. The van der Waals surface area contributed by atoms with Crippen LogP contribution in [0.25, 0.3) is 0 Å². The molecule has 1 aliphatic rings. The molecule has 1 rings (SSSR count). The van der Waals surface area contributed by atoms with E-state index in [1.807, 2.05) is 0 Å². The molecule has 7 heteroatoms. The van der Waals surface area contributed by atoms with E-state index in [9.17, 15) is 18.0 Å². The van der Waals surface area contributed by atoms with Crippen LogP contribution in [0.1, 0.15) is 6.42 Å². The van der Waals surface area contributed by atoms with E-state index in [-0.39, 0.29) is 0 Å². The van der Waals surface area contributed by atoms with Crippen LogP contribution in [0.2, 0.25) is 0 Å². The van der Waals surface area contributed by atoms with Crippen LogP contribution in [0.5, 0.6) is 0 Å². The molecule has 0 aromatic heterocycles. The molecule has 0 spiro atoms. The third-order valence-electron chi connectivity index (χ3n) is 1.93. The molecule has 0 aromatic rings. The number of nitrogens with one attached hydrogen (secondary N) is 2. The average molecular weight is 226 g/mol. The molecule has 1 fully saturated rings. The van der Waals surface area contributed by atoms with Gasteiger partial charge >= 0.3 is 6.18 Å². The Morgan fingerprint density at radius 2 is 2.27 bits per heavy atom. The first kappa shape index (κ1) is 12.3. The lowest BCUT2D eigenvalue weighted by Crippen LogP contribution is -2.48. The molecule has 0 aromatic carbocycles. The Hall–Kier alpha value is -0.820. The zero-order valence-corrected chi connectivity index (χ0v) is 8.06. The Bertz CT molecular complexity index is 214. The van der Waals surface area contributed by atoms with Crippen LogP contribution in [0, 0.1) is 0 Å². The summed E-state index contributed by atoms with van der Waals surface area (Å²) >= 11 is 0. The van der Waals surface area contributed by atoms with Crippen molar-refractivity contribution < 1.29 is 22.7 Å². The minimum absolute atomic E-state index is 0.345. The number of halogens is 3. The van der Waals surface area contributed by atoms with Crippen molar-refractivity contribution in [3.05, 3.63) is 0 Å². The first-order chi connectivity index (χ1) is 6.99. The summed E-state index contributed by atoms with van der Waals surface area (Å²) in [5.74, 6) is -0.494. The third kappa shape index (κ3) is 4.98. The second-order valence-corrected chi connectivity index (χ2v) is 3.22. The summed E-state index contributed by atoms with van der Waals surface area (Å²) in [5, 5.41) is 5.10. The lowest BCUT2D eigenvalue weighted by molar-refractivity contribution is -0.140. The van der Waals surface area contributed by atoms with Gasteiger partial charge in [0.25, 0.3) is 0 Å². The monoisotopic (exact) mass is 226 g/mol. The minimum atomic E-state index is -4.24. The van der Waals surface area contributed by atoms with Crippen LogP contribution < -0.4 is 10.6 Å². The van der Waals surface area contributed by atoms with Gasteiger partial charge in [0, 0.05) is 19.6 Å². The predicted molar refractivity (Wildman–Crippen MR) is 46.3 cm³/mol. The largest absolute Gasteiger partial charge is 0.390 e. The van der Waals surface area contributed by atoms with Crippen LogP contribution in [0.15, 0.2) is 0 Å². The molecule has 4 nitrogen and oxygen atoms in total. The topological polar surface area (TPSA) is 50.4 Å². The van der Waals surface area contributed by atoms with Gasteiger partial charge in [-0.2, -0.15) is 13.2 Å². The number of hydrogen-bond donors (Lipinski definition) is 2. The van der Waals surface area contributed by atoms with Gasteiger partial charge in [-0.1, -0.05) is 0 Å². The highest BCUT2D eigenvalue weighted by Gasteiger charge is 2.28. The number of morpholine rings is 1. The number of carbonyl (C=O) groups excluding carboxylic acids is 1. The summed E-state index contributed by atoms with van der Waals surface area (Å²) in [4.78, 5) is 11.2. The Kier molecular flexibility index (Phi) is 4.34.